The Morgan fingerprint density at radius 2 is 1.66 bits per heavy atom. The normalized spacial score (nSPS) is 10.8. The van der Waals surface area contributed by atoms with Crippen molar-refractivity contribution in [3.8, 4) is 17.2 Å². The third-order valence-electron chi connectivity index (χ3n) is 5.13. The van der Waals surface area contributed by atoms with Gasteiger partial charge in [0.25, 0.3) is 0 Å². The van der Waals surface area contributed by atoms with Gasteiger partial charge < -0.3 is 24.8 Å². The van der Waals surface area contributed by atoms with Crippen LogP contribution in [0.2, 0.25) is 0 Å². The second kappa shape index (κ2) is 9.42. The second-order valence-electron chi connectivity index (χ2n) is 7.11. The number of ether oxygens (including phenoxy) is 3. The number of fused-ring (bicyclic) bond motifs is 1. The lowest BCUT2D eigenvalue weighted by atomic mass is 10.1. The Morgan fingerprint density at radius 1 is 0.906 bits per heavy atom. The van der Waals surface area contributed by atoms with Crippen molar-refractivity contribution in [2.75, 3.05) is 38.5 Å². The van der Waals surface area contributed by atoms with Gasteiger partial charge in [-0.1, -0.05) is 12.1 Å². The van der Waals surface area contributed by atoms with Gasteiger partial charge in [-0.2, -0.15) is 10.1 Å². The number of hydrogen-bond acceptors (Lipinski definition) is 8. The summed E-state index contributed by atoms with van der Waals surface area (Å²) >= 11 is 0. The molecule has 2 heterocycles. The van der Waals surface area contributed by atoms with Crippen LogP contribution in [0.5, 0.6) is 17.2 Å². The molecule has 0 saturated heterocycles. The largest absolute Gasteiger partial charge is 0.497 e. The summed E-state index contributed by atoms with van der Waals surface area (Å²) in [5.41, 5.74) is 1.93. The van der Waals surface area contributed by atoms with Crippen LogP contribution in [0, 0.1) is 0 Å². The fourth-order valence-corrected chi connectivity index (χ4v) is 3.37. The van der Waals surface area contributed by atoms with Gasteiger partial charge in [-0.05, 0) is 30.2 Å². The van der Waals surface area contributed by atoms with Crippen LogP contribution in [0.1, 0.15) is 5.56 Å². The van der Waals surface area contributed by atoms with E-state index in [1.165, 1.54) is 5.56 Å². The van der Waals surface area contributed by atoms with Crippen LogP contribution in [-0.2, 0) is 13.5 Å². The third-order valence-corrected chi connectivity index (χ3v) is 5.13. The molecule has 0 atom stereocenters. The van der Waals surface area contributed by atoms with Gasteiger partial charge in [-0.25, -0.2) is 4.98 Å². The second-order valence-corrected chi connectivity index (χ2v) is 7.11. The molecular weight excluding hydrogens is 408 g/mol. The Morgan fingerprint density at radius 3 is 2.31 bits per heavy atom. The van der Waals surface area contributed by atoms with E-state index in [0.717, 1.165) is 28.9 Å². The van der Waals surface area contributed by atoms with E-state index in [0.29, 0.717) is 29.8 Å². The van der Waals surface area contributed by atoms with E-state index >= 15 is 0 Å². The Kier molecular flexibility index (Phi) is 6.25. The highest BCUT2D eigenvalue weighted by Gasteiger charge is 2.14. The third kappa shape index (κ3) is 4.51. The molecule has 0 aliphatic heterocycles. The molecule has 0 fully saturated rings. The van der Waals surface area contributed by atoms with Crippen LogP contribution in [0.15, 0.2) is 48.7 Å². The van der Waals surface area contributed by atoms with Crippen LogP contribution in [-0.4, -0.2) is 47.6 Å². The summed E-state index contributed by atoms with van der Waals surface area (Å²) in [5, 5.41) is 11.7. The maximum absolute atomic E-state index is 5.48. The molecule has 0 aliphatic carbocycles. The van der Waals surface area contributed by atoms with Crippen molar-refractivity contribution in [2.24, 2.45) is 7.05 Å². The lowest BCUT2D eigenvalue weighted by Crippen LogP contribution is -2.10. The standard InChI is InChI=1S/C23H26N6O3/c1-29-21(10-12-25-29)27-23-26-18-14-20(32-4)19(31-3)13-17(18)22(28-23)24-11-9-15-5-7-16(30-2)8-6-15/h5-8,10,12-14H,9,11H2,1-4H3,(H2,24,26,27,28). The summed E-state index contributed by atoms with van der Waals surface area (Å²) in [5.74, 6) is 4.02. The van der Waals surface area contributed by atoms with Crippen LogP contribution in [0.4, 0.5) is 17.6 Å². The molecule has 9 heteroatoms. The molecule has 0 bridgehead atoms. The minimum absolute atomic E-state index is 0.459. The van der Waals surface area contributed by atoms with Crippen LogP contribution >= 0.6 is 0 Å². The zero-order chi connectivity index (χ0) is 22.5. The number of nitrogens with zero attached hydrogens (tertiary/aromatic N) is 4. The van der Waals surface area contributed by atoms with E-state index in [1.807, 2.05) is 37.4 Å². The number of anilines is 3. The monoisotopic (exact) mass is 434 g/mol. The van der Waals surface area contributed by atoms with E-state index in [9.17, 15) is 0 Å². The molecule has 2 N–H and O–H groups in total. The van der Waals surface area contributed by atoms with Crippen molar-refractivity contribution >= 4 is 28.5 Å². The summed E-state index contributed by atoms with van der Waals surface area (Å²) in [6, 6.07) is 13.6. The van der Waals surface area contributed by atoms with E-state index in [-0.39, 0.29) is 0 Å². The van der Waals surface area contributed by atoms with Gasteiger partial charge in [-0.15, -0.1) is 0 Å². The van der Waals surface area contributed by atoms with E-state index in [1.54, 1.807) is 32.2 Å². The topological polar surface area (TPSA) is 95.4 Å². The molecule has 166 valence electrons. The predicted molar refractivity (Wildman–Crippen MR) is 124 cm³/mol. The number of benzene rings is 2. The minimum atomic E-state index is 0.459. The van der Waals surface area contributed by atoms with Crippen molar-refractivity contribution in [2.45, 2.75) is 6.42 Å². The van der Waals surface area contributed by atoms with Crippen molar-refractivity contribution in [3.05, 3.63) is 54.2 Å². The lowest BCUT2D eigenvalue weighted by molar-refractivity contribution is 0.356. The van der Waals surface area contributed by atoms with Gasteiger partial charge in [0.2, 0.25) is 5.95 Å². The van der Waals surface area contributed by atoms with Gasteiger partial charge in [0, 0.05) is 31.1 Å². The van der Waals surface area contributed by atoms with Crippen molar-refractivity contribution in [1.82, 2.24) is 19.7 Å². The van der Waals surface area contributed by atoms with Crippen LogP contribution in [0.25, 0.3) is 10.9 Å². The van der Waals surface area contributed by atoms with Crippen LogP contribution < -0.4 is 24.8 Å². The first-order chi connectivity index (χ1) is 15.6. The number of rotatable bonds is 9. The summed E-state index contributed by atoms with van der Waals surface area (Å²) in [6.45, 7) is 0.692. The minimum Gasteiger partial charge on any atom is -0.497 e. The molecule has 0 aliphatic rings. The number of methoxy groups -OCH3 is 3. The summed E-state index contributed by atoms with van der Waals surface area (Å²) in [7, 11) is 6.73. The first-order valence-electron chi connectivity index (χ1n) is 10.2. The van der Waals surface area contributed by atoms with E-state index in [2.05, 4.69) is 32.8 Å². The zero-order valence-corrected chi connectivity index (χ0v) is 18.5. The van der Waals surface area contributed by atoms with Crippen molar-refractivity contribution < 1.29 is 14.2 Å². The first-order valence-corrected chi connectivity index (χ1v) is 10.2. The Labute approximate surface area is 186 Å². The molecule has 32 heavy (non-hydrogen) atoms. The van der Waals surface area contributed by atoms with Gasteiger partial charge in [0.1, 0.15) is 17.4 Å². The molecule has 0 amide bonds. The molecule has 2 aromatic carbocycles. The molecule has 2 aromatic heterocycles. The Balaban J connectivity index is 1.64. The number of nitrogens with one attached hydrogen (secondary N) is 2. The Bertz CT molecular complexity index is 1210. The van der Waals surface area contributed by atoms with Crippen LogP contribution in [0.3, 0.4) is 0 Å². The number of hydrogen-bond donors (Lipinski definition) is 2. The quantitative estimate of drug-likeness (QED) is 0.411. The van der Waals surface area contributed by atoms with E-state index in [4.69, 9.17) is 19.2 Å². The maximum atomic E-state index is 5.48. The molecule has 0 unspecified atom stereocenters. The van der Waals surface area contributed by atoms with Gasteiger partial charge in [0.05, 0.1) is 33.0 Å². The summed E-state index contributed by atoms with van der Waals surface area (Å²) in [4.78, 5) is 9.38. The van der Waals surface area contributed by atoms with Crippen molar-refractivity contribution in [1.29, 1.82) is 0 Å². The fourth-order valence-electron chi connectivity index (χ4n) is 3.37. The predicted octanol–water partition coefficient (Wildman–Crippen LogP) is 3.79. The first kappa shape index (κ1) is 21.2. The molecule has 4 aromatic rings. The lowest BCUT2D eigenvalue weighted by Gasteiger charge is -2.14. The highest BCUT2D eigenvalue weighted by Crippen LogP contribution is 2.35. The molecule has 4 rings (SSSR count). The van der Waals surface area contributed by atoms with Gasteiger partial charge in [-0.3, -0.25) is 4.68 Å². The zero-order valence-electron chi connectivity index (χ0n) is 18.5. The summed E-state index contributed by atoms with van der Waals surface area (Å²) < 4.78 is 17.9. The molecule has 9 nitrogen and oxygen atoms in total. The average Bonchev–Trinajstić information content (AvgIpc) is 3.22. The molecular formula is C23H26N6O3. The number of aryl methyl sites for hydroxylation is 1. The SMILES string of the molecule is COc1ccc(CCNc2nc(Nc3ccnn3C)nc3cc(OC)c(OC)cc23)cc1. The summed E-state index contributed by atoms with van der Waals surface area (Å²) in [6.07, 6.45) is 2.54. The highest BCUT2D eigenvalue weighted by atomic mass is 16.5. The van der Waals surface area contributed by atoms with Crippen molar-refractivity contribution in [3.63, 3.8) is 0 Å². The number of aromatic nitrogens is 4. The fraction of sp³-hybridized carbons (Fsp3) is 0.261. The van der Waals surface area contributed by atoms with E-state index < -0.39 is 0 Å². The smallest absolute Gasteiger partial charge is 0.230 e. The molecule has 0 radical (unpaired) electrons. The van der Waals surface area contributed by atoms with Gasteiger partial charge >= 0.3 is 0 Å². The maximum Gasteiger partial charge on any atom is 0.230 e. The van der Waals surface area contributed by atoms with Gasteiger partial charge in [0.15, 0.2) is 11.5 Å². The average molecular weight is 435 g/mol. The molecule has 0 spiro atoms. The molecule has 0 saturated carbocycles. The Hall–Kier alpha value is -4.01. The highest BCUT2D eigenvalue weighted by molar-refractivity contribution is 5.93.